The average molecular weight is 735 g/mol. The van der Waals surface area contributed by atoms with Gasteiger partial charge in [0.25, 0.3) is 11.5 Å². The molecule has 2 heterocycles. The molecule has 0 saturated carbocycles. The van der Waals surface area contributed by atoms with Crippen molar-refractivity contribution in [3.05, 3.63) is 153 Å². The number of aromatic nitrogens is 1. The van der Waals surface area contributed by atoms with Crippen molar-refractivity contribution in [3.8, 4) is 11.5 Å². The Balaban J connectivity index is 1.37. The summed E-state index contributed by atoms with van der Waals surface area (Å²) in [7, 11) is 1.58. The minimum Gasteiger partial charge on any atom is -0.497 e. The fourth-order valence-corrected chi connectivity index (χ4v) is 7.15. The lowest BCUT2D eigenvalue weighted by Crippen LogP contribution is -2.40. The first-order valence-electron chi connectivity index (χ1n) is 14.1. The van der Waals surface area contributed by atoms with Crippen molar-refractivity contribution in [2.24, 2.45) is 4.99 Å². The van der Waals surface area contributed by atoms with Gasteiger partial charge in [0, 0.05) is 21.3 Å². The Morgan fingerprint density at radius 1 is 1.04 bits per heavy atom. The fraction of sp³-hybridized carbons (Fsp3) is 0.114. The van der Waals surface area contributed by atoms with Crippen LogP contribution < -0.4 is 29.7 Å². The van der Waals surface area contributed by atoms with Gasteiger partial charge in [0.2, 0.25) is 0 Å². The number of amides is 1. The number of allylic oxidation sites excluding steroid dienone is 1. The van der Waals surface area contributed by atoms with Gasteiger partial charge in [-0.2, -0.15) is 0 Å². The van der Waals surface area contributed by atoms with E-state index in [2.05, 4.69) is 21.2 Å². The molecule has 0 aliphatic carbocycles. The van der Waals surface area contributed by atoms with E-state index < -0.39 is 6.04 Å². The third-order valence-corrected chi connectivity index (χ3v) is 9.55. The van der Waals surface area contributed by atoms with Crippen LogP contribution >= 0.6 is 50.5 Å². The van der Waals surface area contributed by atoms with Crippen LogP contribution in [-0.4, -0.2) is 17.6 Å². The quantitative estimate of drug-likeness (QED) is 0.179. The lowest BCUT2D eigenvalue weighted by atomic mass is 9.95. The molecule has 0 saturated heterocycles. The summed E-state index contributed by atoms with van der Waals surface area (Å²) in [6, 6.07) is 26.7. The number of carbonyl (C=O) groups is 1. The normalized spacial score (nSPS) is 14.5. The standard InChI is InChI=1S/C35H26BrCl2N3O4S/c1-20-31(33(42)40-25-8-4-3-5-9-25)32(22-7-6-10-26(17-22)44-2)41-34(43)30(46-35(41)39-20)16-21-11-14-29(27(36)15-21)45-19-23-12-13-24(37)18-28(23)38/h3-18,32H,19H2,1-2H3,(H,40,42)/b30-16-/t32-/m0/s1. The predicted molar refractivity (Wildman–Crippen MR) is 187 cm³/mol. The highest BCUT2D eigenvalue weighted by Gasteiger charge is 2.32. The summed E-state index contributed by atoms with van der Waals surface area (Å²) >= 11 is 17.2. The minimum absolute atomic E-state index is 0.260. The van der Waals surface area contributed by atoms with Crippen LogP contribution in [0.2, 0.25) is 10.0 Å². The molecule has 0 bridgehead atoms. The van der Waals surface area contributed by atoms with Crippen molar-refractivity contribution in [2.75, 3.05) is 12.4 Å². The number of nitrogens with one attached hydrogen (secondary N) is 1. The van der Waals surface area contributed by atoms with E-state index in [9.17, 15) is 9.59 Å². The monoisotopic (exact) mass is 733 g/mol. The van der Waals surface area contributed by atoms with Crippen LogP contribution in [0, 0.1) is 0 Å². The third kappa shape index (κ3) is 6.69. The first-order valence-corrected chi connectivity index (χ1v) is 16.5. The summed E-state index contributed by atoms with van der Waals surface area (Å²) in [6.07, 6.45) is 1.81. The summed E-state index contributed by atoms with van der Waals surface area (Å²) in [5, 5.41) is 4.05. The molecular formula is C35H26BrCl2N3O4S. The summed E-state index contributed by atoms with van der Waals surface area (Å²) in [6.45, 7) is 2.05. The molecule has 1 aliphatic heterocycles. The highest BCUT2D eigenvalue weighted by molar-refractivity contribution is 9.10. The van der Waals surface area contributed by atoms with Gasteiger partial charge in [-0.05, 0) is 88.6 Å². The fourth-order valence-electron chi connectivity index (χ4n) is 5.13. The number of fused-ring (bicyclic) bond motifs is 1. The van der Waals surface area contributed by atoms with Gasteiger partial charge in [-0.3, -0.25) is 14.2 Å². The van der Waals surface area contributed by atoms with Gasteiger partial charge in [0.05, 0.1) is 33.4 Å². The molecular weight excluding hydrogens is 709 g/mol. The van der Waals surface area contributed by atoms with Crippen molar-refractivity contribution < 1.29 is 14.3 Å². The number of benzene rings is 4. The Bertz CT molecular complexity index is 2180. The van der Waals surface area contributed by atoms with Crippen LogP contribution in [0.4, 0.5) is 5.69 Å². The van der Waals surface area contributed by atoms with Crippen molar-refractivity contribution in [1.82, 2.24) is 4.57 Å². The largest absolute Gasteiger partial charge is 0.497 e. The molecule has 1 aromatic heterocycles. The average Bonchev–Trinajstić information content (AvgIpc) is 3.34. The number of hydrogen-bond acceptors (Lipinski definition) is 6. The molecule has 0 fully saturated rings. The number of rotatable bonds is 8. The van der Waals surface area contributed by atoms with E-state index in [1.165, 1.54) is 11.3 Å². The minimum atomic E-state index is -0.723. The maximum atomic E-state index is 14.1. The highest BCUT2D eigenvalue weighted by Crippen LogP contribution is 2.33. The Hall–Kier alpha value is -4.15. The van der Waals surface area contributed by atoms with E-state index in [0.29, 0.717) is 52.3 Å². The Morgan fingerprint density at radius 2 is 1.85 bits per heavy atom. The highest BCUT2D eigenvalue weighted by atomic mass is 79.9. The van der Waals surface area contributed by atoms with E-state index in [0.717, 1.165) is 16.7 Å². The Labute approximate surface area is 287 Å². The van der Waals surface area contributed by atoms with Crippen molar-refractivity contribution in [1.29, 1.82) is 0 Å². The van der Waals surface area contributed by atoms with Gasteiger partial charge < -0.3 is 14.8 Å². The van der Waals surface area contributed by atoms with Crippen LogP contribution in [0.1, 0.15) is 29.7 Å². The maximum Gasteiger partial charge on any atom is 0.271 e. The lowest BCUT2D eigenvalue weighted by Gasteiger charge is -2.25. The predicted octanol–water partition coefficient (Wildman–Crippen LogP) is 7.53. The van der Waals surface area contributed by atoms with Crippen molar-refractivity contribution >= 4 is 68.1 Å². The van der Waals surface area contributed by atoms with Gasteiger partial charge in [0.15, 0.2) is 4.80 Å². The summed E-state index contributed by atoms with van der Waals surface area (Å²) in [5.41, 5.74) is 3.60. The molecule has 0 radical (unpaired) electrons. The molecule has 5 aromatic rings. The molecule has 46 heavy (non-hydrogen) atoms. The molecule has 7 nitrogen and oxygen atoms in total. The van der Waals surface area contributed by atoms with E-state index in [4.69, 9.17) is 37.7 Å². The van der Waals surface area contributed by atoms with Crippen LogP contribution in [-0.2, 0) is 11.4 Å². The number of nitrogens with zero attached hydrogens (tertiary/aromatic N) is 2. The number of thiazole rings is 1. The molecule has 11 heteroatoms. The molecule has 0 unspecified atom stereocenters. The number of halogens is 3. The first kappa shape index (κ1) is 31.8. The first-order chi connectivity index (χ1) is 22.2. The lowest BCUT2D eigenvalue weighted by molar-refractivity contribution is -0.113. The second kappa shape index (κ2) is 13.7. The number of anilines is 1. The SMILES string of the molecule is COc1cccc([C@H]2C(C(=O)Nc3ccccc3)=C(C)N=c3s/c(=C\c4ccc(OCc5ccc(Cl)cc5Cl)c(Br)c4)c(=O)n32)c1. The van der Waals surface area contributed by atoms with Gasteiger partial charge in [0.1, 0.15) is 18.1 Å². The molecule has 1 aliphatic rings. The Kier molecular flexibility index (Phi) is 9.47. The van der Waals surface area contributed by atoms with Crippen molar-refractivity contribution in [2.45, 2.75) is 19.6 Å². The zero-order valence-corrected chi connectivity index (χ0v) is 28.5. The summed E-state index contributed by atoms with van der Waals surface area (Å²) in [4.78, 5) is 33.1. The topological polar surface area (TPSA) is 81.9 Å². The zero-order valence-electron chi connectivity index (χ0n) is 24.6. The van der Waals surface area contributed by atoms with Gasteiger partial charge in [-0.25, -0.2) is 4.99 Å². The van der Waals surface area contributed by atoms with Crippen LogP contribution in [0.15, 0.2) is 117 Å². The van der Waals surface area contributed by atoms with Crippen LogP contribution in [0.5, 0.6) is 11.5 Å². The molecule has 1 N–H and O–H groups in total. The summed E-state index contributed by atoms with van der Waals surface area (Å²) in [5.74, 6) is 0.892. The second-order valence-electron chi connectivity index (χ2n) is 10.4. The number of methoxy groups -OCH3 is 1. The molecule has 6 rings (SSSR count). The maximum absolute atomic E-state index is 14.1. The summed E-state index contributed by atoms with van der Waals surface area (Å²) < 4.78 is 14.2. The van der Waals surface area contributed by atoms with Crippen LogP contribution in [0.25, 0.3) is 6.08 Å². The third-order valence-electron chi connectivity index (χ3n) is 7.36. The molecule has 0 spiro atoms. The van der Waals surface area contributed by atoms with Crippen molar-refractivity contribution in [3.63, 3.8) is 0 Å². The zero-order chi connectivity index (χ0) is 32.4. The van der Waals surface area contributed by atoms with Gasteiger partial charge in [-0.1, -0.05) is 77.0 Å². The van der Waals surface area contributed by atoms with Gasteiger partial charge in [-0.15, -0.1) is 0 Å². The molecule has 1 atom stereocenters. The molecule has 1 amide bonds. The van der Waals surface area contributed by atoms with E-state index >= 15 is 0 Å². The second-order valence-corrected chi connectivity index (χ2v) is 13.1. The van der Waals surface area contributed by atoms with Gasteiger partial charge >= 0.3 is 0 Å². The number of hydrogen-bond donors (Lipinski definition) is 1. The van der Waals surface area contributed by atoms with E-state index in [-0.39, 0.29) is 18.1 Å². The Morgan fingerprint density at radius 3 is 2.59 bits per heavy atom. The van der Waals surface area contributed by atoms with E-state index in [1.807, 2.05) is 78.9 Å². The van der Waals surface area contributed by atoms with E-state index in [1.54, 1.807) is 36.8 Å². The molecule has 4 aromatic carbocycles. The number of para-hydroxylation sites is 1. The van der Waals surface area contributed by atoms with Crippen LogP contribution in [0.3, 0.4) is 0 Å². The molecule has 232 valence electrons. The number of ether oxygens (including phenoxy) is 2. The number of carbonyl (C=O) groups excluding carboxylic acids is 1. The smallest absolute Gasteiger partial charge is 0.271 e.